The standard InChI is InChI=1S/C20H18ClN3O/c1-12-2-7-18(21)17(8-12)15-6-5-14-10-19(23-11-16(14)9-15)24(22)20(25)13-3-4-13/h2,5-11,13H,3-4,22H2,1H3. The van der Waals surface area contributed by atoms with Crippen LogP contribution in [0.3, 0.4) is 0 Å². The molecule has 1 aromatic heterocycles. The molecule has 126 valence electrons. The second-order valence-corrected chi connectivity index (χ2v) is 6.98. The Hall–Kier alpha value is -2.43. The van der Waals surface area contributed by atoms with E-state index in [9.17, 15) is 4.79 Å². The summed E-state index contributed by atoms with van der Waals surface area (Å²) in [5.41, 5.74) is 3.19. The molecule has 2 N–H and O–H groups in total. The summed E-state index contributed by atoms with van der Waals surface area (Å²) in [4.78, 5) is 16.5. The van der Waals surface area contributed by atoms with E-state index in [4.69, 9.17) is 17.4 Å². The Morgan fingerprint density at radius 3 is 2.72 bits per heavy atom. The van der Waals surface area contributed by atoms with Crippen molar-refractivity contribution in [2.45, 2.75) is 19.8 Å². The zero-order valence-electron chi connectivity index (χ0n) is 13.9. The van der Waals surface area contributed by atoms with E-state index >= 15 is 0 Å². The number of rotatable bonds is 3. The lowest BCUT2D eigenvalue weighted by atomic mass is 10.0. The number of halogens is 1. The molecule has 1 fully saturated rings. The average molecular weight is 352 g/mol. The predicted molar refractivity (Wildman–Crippen MR) is 101 cm³/mol. The van der Waals surface area contributed by atoms with Crippen LogP contribution >= 0.6 is 11.6 Å². The molecule has 25 heavy (non-hydrogen) atoms. The molecule has 4 rings (SSSR count). The van der Waals surface area contributed by atoms with Crippen LogP contribution in [0.2, 0.25) is 5.02 Å². The van der Waals surface area contributed by atoms with Crippen molar-refractivity contribution in [1.82, 2.24) is 4.98 Å². The molecule has 0 atom stereocenters. The van der Waals surface area contributed by atoms with Gasteiger partial charge in [-0.05, 0) is 55.0 Å². The van der Waals surface area contributed by atoms with Crippen molar-refractivity contribution in [1.29, 1.82) is 0 Å². The topological polar surface area (TPSA) is 59.2 Å². The van der Waals surface area contributed by atoms with Gasteiger partial charge in [0.1, 0.15) is 5.82 Å². The Balaban J connectivity index is 1.71. The average Bonchev–Trinajstić information content (AvgIpc) is 3.47. The van der Waals surface area contributed by atoms with Gasteiger partial charge in [-0.25, -0.2) is 15.8 Å². The fourth-order valence-corrected chi connectivity index (χ4v) is 3.16. The molecule has 1 saturated carbocycles. The van der Waals surface area contributed by atoms with Crippen LogP contribution in [-0.4, -0.2) is 10.9 Å². The number of nitrogens with two attached hydrogens (primary N) is 1. The second kappa shape index (κ2) is 6.14. The number of hydrogen-bond donors (Lipinski definition) is 1. The Morgan fingerprint density at radius 2 is 1.96 bits per heavy atom. The highest BCUT2D eigenvalue weighted by Gasteiger charge is 2.33. The van der Waals surface area contributed by atoms with Gasteiger partial charge in [0.2, 0.25) is 5.91 Å². The third kappa shape index (κ3) is 3.11. The van der Waals surface area contributed by atoms with Crippen LogP contribution in [-0.2, 0) is 4.79 Å². The molecular weight excluding hydrogens is 334 g/mol. The SMILES string of the molecule is Cc1ccc(Cl)c(-c2ccc3cc(N(N)C(=O)C4CC4)ncc3c2)c1. The van der Waals surface area contributed by atoms with Crippen LogP contribution in [0.1, 0.15) is 18.4 Å². The first-order valence-corrected chi connectivity index (χ1v) is 8.66. The molecule has 4 nitrogen and oxygen atoms in total. The van der Waals surface area contributed by atoms with Gasteiger partial charge < -0.3 is 0 Å². The summed E-state index contributed by atoms with van der Waals surface area (Å²) in [5.74, 6) is 6.41. The Labute approximate surface area is 151 Å². The molecule has 5 heteroatoms. The molecule has 1 amide bonds. The highest BCUT2D eigenvalue weighted by Crippen LogP contribution is 2.33. The molecule has 0 spiro atoms. The number of carbonyl (C=O) groups excluding carboxylic acids is 1. The molecule has 0 radical (unpaired) electrons. The maximum absolute atomic E-state index is 12.1. The Morgan fingerprint density at radius 1 is 1.16 bits per heavy atom. The van der Waals surface area contributed by atoms with Crippen LogP contribution in [0.4, 0.5) is 5.82 Å². The lowest BCUT2D eigenvalue weighted by Crippen LogP contribution is -2.39. The number of carbonyl (C=O) groups is 1. The number of pyridine rings is 1. The number of nitrogens with zero attached hydrogens (tertiary/aromatic N) is 2. The normalized spacial score (nSPS) is 13.9. The van der Waals surface area contributed by atoms with E-state index in [-0.39, 0.29) is 11.8 Å². The van der Waals surface area contributed by atoms with Gasteiger partial charge in [-0.1, -0.05) is 35.4 Å². The summed E-state index contributed by atoms with van der Waals surface area (Å²) in [6.07, 6.45) is 3.58. The van der Waals surface area contributed by atoms with Crippen LogP contribution in [0.5, 0.6) is 0 Å². The Bertz CT molecular complexity index is 982. The van der Waals surface area contributed by atoms with Gasteiger partial charge in [0.05, 0.1) is 0 Å². The van der Waals surface area contributed by atoms with E-state index in [0.29, 0.717) is 5.82 Å². The molecule has 1 aliphatic carbocycles. The minimum atomic E-state index is -0.0602. The van der Waals surface area contributed by atoms with E-state index in [2.05, 4.69) is 17.1 Å². The van der Waals surface area contributed by atoms with Crippen molar-refractivity contribution in [2.24, 2.45) is 11.8 Å². The van der Waals surface area contributed by atoms with Gasteiger partial charge in [-0.2, -0.15) is 0 Å². The van der Waals surface area contributed by atoms with Crippen LogP contribution in [0.25, 0.3) is 21.9 Å². The quantitative estimate of drug-likeness (QED) is 0.430. The van der Waals surface area contributed by atoms with Gasteiger partial charge in [0.25, 0.3) is 0 Å². The highest BCUT2D eigenvalue weighted by atomic mass is 35.5. The highest BCUT2D eigenvalue weighted by molar-refractivity contribution is 6.33. The summed E-state index contributed by atoms with van der Waals surface area (Å²) in [7, 11) is 0. The van der Waals surface area contributed by atoms with Gasteiger partial charge in [0, 0.05) is 28.1 Å². The molecule has 0 bridgehead atoms. The first kappa shape index (κ1) is 16.1. The maximum Gasteiger partial charge on any atom is 0.245 e. The van der Waals surface area contributed by atoms with E-state index in [1.165, 1.54) is 5.01 Å². The number of hydrazine groups is 1. The second-order valence-electron chi connectivity index (χ2n) is 6.57. The van der Waals surface area contributed by atoms with E-state index in [1.807, 2.05) is 37.3 Å². The smallest absolute Gasteiger partial charge is 0.245 e. The largest absolute Gasteiger partial charge is 0.273 e. The third-order valence-electron chi connectivity index (χ3n) is 4.55. The van der Waals surface area contributed by atoms with E-state index in [0.717, 1.165) is 45.3 Å². The van der Waals surface area contributed by atoms with Crippen LogP contribution in [0, 0.1) is 12.8 Å². The van der Waals surface area contributed by atoms with Crippen molar-refractivity contribution in [3.05, 3.63) is 59.2 Å². The number of anilines is 1. The summed E-state index contributed by atoms with van der Waals surface area (Å²) in [5, 5.41) is 3.85. The van der Waals surface area contributed by atoms with E-state index in [1.54, 1.807) is 6.20 Å². The molecule has 1 aliphatic rings. The number of aromatic nitrogens is 1. The van der Waals surface area contributed by atoms with Crippen molar-refractivity contribution >= 4 is 34.1 Å². The molecule has 3 aromatic rings. The van der Waals surface area contributed by atoms with Crippen LogP contribution < -0.4 is 10.9 Å². The number of hydrogen-bond acceptors (Lipinski definition) is 3. The summed E-state index contributed by atoms with van der Waals surface area (Å²) < 4.78 is 0. The summed E-state index contributed by atoms with van der Waals surface area (Å²) >= 11 is 6.34. The van der Waals surface area contributed by atoms with E-state index < -0.39 is 0 Å². The monoisotopic (exact) mass is 351 g/mol. The van der Waals surface area contributed by atoms with Gasteiger partial charge in [-0.15, -0.1) is 0 Å². The molecule has 1 heterocycles. The Kier molecular flexibility index (Phi) is 3.94. The lowest BCUT2D eigenvalue weighted by molar-refractivity contribution is -0.119. The minimum Gasteiger partial charge on any atom is -0.273 e. The molecule has 0 unspecified atom stereocenters. The fourth-order valence-electron chi connectivity index (χ4n) is 2.93. The number of benzene rings is 2. The number of amides is 1. The van der Waals surface area contributed by atoms with Gasteiger partial charge in [0.15, 0.2) is 0 Å². The van der Waals surface area contributed by atoms with Crippen molar-refractivity contribution in [3.63, 3.8) is 0 Å². The van der Waals surface area contributed by atoms with Crippen molar-refractivity contribution < 1.29 is 4.79 Å². The fraction of sp³-hybridized carbons (Fsp3) is 0.200. The van der Waals surface area contributed by atoms with Gasteiger partial charge in [-0.3, -0.25) is 4.79 Å². The lowest BCUT2D eigenvalue weighted by Gasteiger charge is -2.16. The zero-order chi connectivity index (χ0) is 17.6. The zero-order valence-corrected chi connectivity index (χ0v) is 14.6. The van der Waals surface area contributed by atoms with Crippen LogP contribution in [0.15, 0.2) is 48.7 Å². The molecule has 0 saturated heterocycles. The molecule has 0 aliphatic heterocycles. The number of fused-ring (bicyclic) bond motifs is 1. The van der Waals surface area contributed by atoms with Crippen molar-refractivity contribution in [2.75, 3.05) is 5.01 Å². The molecular formula is C20H18ClN3O. The van der Waals surface area contributed by atoms with Gasteiger partial charge >= 0.3 is 0 Å². The first-order chi connectivity index (χ1) is 12.0. The predicted octanol–water partition coefficient (Wildman–Crippen LogP) is 4.48. The van der Waals surface area contributed by atoms with Crippen molar-refractivity contribution in [3.8, 4) is 11.1 Å². The number of aryl methyl sites for hydroxylation is 1. The molecule has 2 aromatic carbocycles. The summed E-state index contributed by atoms with van der Waals surface area (Å²) in [6, 6.07) is 13.9. The maximum atomic E-state index is 12.1. The first-order valence-electron chi connectivity index (χ1n) is 8.28. The minimum absolute atomic E-state index is 0.0602. The summed E-state index contributed by atoms with van der Waals surface area (Å²) in [6.45, 7) is 2.04. The third-order valence-corrected chi connectivity index (χ3v) is 4.88.